The second kappa shape index (κ2) is 6.69. The van der Waals surface area contributed by atoms with Gasteiger partial charge in [-0.1, -0.05) is 35.3 Å². The van der Waals surface area contributed by atoms with Gasteiger partial charge in [-0.05, 0) is 48.0 Å². The first kappa shape index (κ1) is 16.0. The summed E-state index contributed by atoms with van der Waals surface area (Å²) in [4.78, 5) is 7.15. The number of thiol groups is 1. The second-order valence-corrected chi connectivity index (χ2v) is 6.42. The third kappa shape index (κ3) is 3.21. The molecule has 0 saturated carbocycles. The van der Waals surface area contributed by atoms with E-state index in [0.29, 0.717) is 10.8 Å². The van der Waals surface area contributed by atoms with Crippen molar-refractivity contribution < 1.29 is 9.22 Å². The molecule has 0 spiro atoms. The highest BCUT2D eigenvalue weighted by molar-refractivity contribution is 7.74. The molecule has 3 nitrogen and oxygen atoms in total. The number of halogens is 2. The van der Waals surface area contributed by atoms with Crippen LogP contribution in [-0.2, 0) is 10.9 Å². The number of nitrogens with zero attached hydrogens (tertiary/aromatic N) is 1. The quantitative estimate of drug-likeness (QED) is 0.372. The highest BCUT2D eigenvalue weighted by Gasteiger charge is 2.27. The van der Waals surface area contributed by atoms with Crippen molar-refractivity contribution in [2.45, 2.75) is 12.5 Å². The van der Waals surface area contributed by atoms with Crippen LogP contribution in [0.1, 0.15) is 22.6 Å². The van der Waals surface area contributed by atoms with Crippen molar-refractivity contribution in [2.75, 3.05) is 13.6 Å². The van der Waals surface area contributed by atoms with Crippen LogP contribution < -0.4 is 4.89 Å². The standard InChI is InChI=1S/C16H15Cl2NO2S/c1-19-8-14(10-2-4-12(5-3-10)20-21-22)13-6-11(17)7-16(18)15(13)9-19/h2-7,14,22H,8-9H2,1H3. The minimum absolute atomic E-state index is 0.218. The lowest BCUT2D eigenvalue weighted by molar-refractivity contribution is -0.0742. The summed E-state index contributed by atoms with van der Waals surface area (Å²) in [7, 11) is 2.09. The predicted octanol–water partition coefficient (Wildman–Crippen LogP) is 4.73. The third-order valence-electron chi connectivity index (χ3n) is 3.91. The van der Waals surface area contributed by atoms with Crippen molar-refractivity contribution in [1.82, 2.24) is 4.90 Å². The zero-order chi connectivity index (χ0) is 15.7. The fourth-order valence-electron chi connectivity index (χ4n) is 2.93. The number of likely N-dealkylation sites (N-methyl/N-ethyl adjacent to an activating group) is 1. The molecule has 1 atom stereocenters. The molecule has 0 saturated heterocycles. The van der Waals surface area contributed by atoms with E-state index in [1.807, 2.05) is 30.3 Å². The molecule has 6 heteroatoms. The number of rotatable bonds is 3. The van der Waals surface area contributed by atoms with E-state index in [4.69, 9.17) is 28.1 Å². The third-order valence-corrected chi connectivity index (χ3v) is 4.54. The van der Waals surface area contributed by atoms with Crippen LogP contribution in [0, 0.1) is 0 Å². The summed E-state index contributed by atoms with van der Waals surface area (Å²) in [5.74, 6) is 0.822. The zero-order valence-electron chi connectivity index (χ0n) is 11.9. The molecule has 0 fully saturated rings. The Bertz CT molecular complexity index is 679. The van der Waals surface area contributed by atoms with E-state index in [1.165, 1.54) is 11.1 Å². The van der Waals surface area contributed by atoms with Gasteiger partial charge in [-0.2, -0.15) is 0 Å². The summed E-state index contributed by atoms with van der Waals surface area (Å²) < 4.78 is 4.37. The lowest BCUT2D eigenvalue weighted by atomic mass is 9.85. The van der Waals surface area contributed by atoms with Crippen LogP contribution in [-0.4, -0.2) is 18.5 Å². The zero-order valence-corrected chi connectivity index (χ0v) is 14.3. The Labute approximate surface area is 145 Å². The van der Waals surface area contributed by atoms with Gasteiger partial charge in [0.15, 0.2) is 5.75 Å². The Morgan fingerprint density at radius 1 is 1.18 bits per heavy atom. The summed E-state index contributed by atoms with van der Waals surface area (Å²) in [5.41, 5.74) is 3.51. The molecular formula is C16H15Cl2NO2S. The first-order valence-corrected chi connectivity index (χ1v) is 7.95. The van der Waals surface area contributed by atoms with E-state index in [2.05, 4.69) is 29.2 Å². The first-order chi connectivity index (χ1) is 10.6. The maximum absolute atomic E-state index is 6.38. The van der Waals surface area contributed by atoms with Crippen molar-refractivity contribution in [3.63, 3.8) is 0 Å². The summed E-state index contributed by atoms with van der Waals surface area (Å²) in [6.45, 7) is 1.74. The molecule has 1 aliphatic rings. The van der Waals surface area contributed by atoms with Gasteiger partial charge in [0.05, 0.1) is 0 Å². The molecule has 0 aliphatic carbocycles. The molecule has 2 aromatic carbocycles. The van der Waals surface area contributed by atoms with Gasteiger partial charge in [-0.25, -0.2) is 0 Å². The van der Waals surface area contributed by atoms with Gasteiger partial charge in [0.1, 0.15) is 0 Å². The summed E-state index contributed by atoms with van der Waals surface area (Å²) in [6.07, 6.45) is 0. The molecule has 1 heterocycles. The van der Waals surface area contributed by atoms with Crippen LogP contribution in [0.15, 0.2) is 36.4 Å². The van der Waals surface area contributed by atoms with Crippen molar-refractivity contribution in [2.24, 2.45) is 0 Å². The molecule has 22 heavy (non-hydrogen) atoms. The average Bonchev–Trinajstić information content (AvgIpc) is 2.49. The Morgan fingerprint density at radius 2 is 1.91 bits per heavy atom. The van der Waals surface area contributed by atoms with Gasteiger partial charge in [0, 0.05) is 42.0 Å². The topological polar surface area (TPSA) is 21.7 Å². The van der Waals surface area contributed by atoms with Gasteiger partial charge < -0.3 is 9.79 Å². The van der Waals surface area contributed by atoms with Crippen LogP contribution >= 0.6 is 36.1 Å². The summed E-state index contributed by atoms with van der Waals surface area (Å²) >= 11 is 16.1. The van der Waals surface area contributed by atoms with Gasteiger partial charge >= 0.3 is 0 Å². The normalized spacial score (nSPS) is 18.1. The summed E-state index contributed by atoms with van der Waals surface area (Å²) in [5, 5.41) is 1.39. The molecule has 3 rings (SSSR count). The van der Waals surface area contributed by atoms with E-state index in [-0.39, 0.29) is 5.92 Å². The Morgan fingerprint density at radius 3 is 2.59 bits per heavy atom. The van der Waals surface area contributed by atoms with Crippen molar-refractivity contribution in [1.29, 1.82) is 0 Å². The van der Waals surface area contributed by atoms with Gasteiger partial charge in [-0.15, -0.1) is 4.33 Å². The highest BCUT2D eigenvalue weighted by Crippen LogP contribution is 2.38. The lowest BCUT2D eigenvalue weighted by Gasteiger charge is -2.33. The maximum Gasteiger partial charge on any atom is 0.166 e. The lowest BCUT2D eigenvalue weighted by Crippen LogP contribution is -2.31. The predicted molar refractivity (Wildman–Crippen MR) is 91.8 cm³/mol. The first-order valence-electron chi connectivity index (χ1n) is 6.83. The van der Waals surface area contributed by atoms with Crippen LogP contribution in [0.4, 0.5) is 0 Å². The molecule has 0 radical (unpaired) electrons. The van der Waals surface area contributed by atoms with Gasteiger partial charge in [0.25, 0.3) is 0 Å². The fourth-order valence-corrected chi connectivity index (χ4v) is 3.58. The average molecular weight is 356 g/mol. The smallest absolute Gasteiger partial charge is 0.166 e. The Balaban J connectivity index is 2.01. The molecule has 0 bridgehead atoms. The second-order valence-electron chi connectivity index (χ2n) is 5.43. The minimum atomic E-state index is 0.218. The van der Waals surface area contributed by atoms with Crippen LogP contribution in [0.5, 0.6) is 5.75 Å². The van der Waals surface area contributed by atoms with Gasteiger partial charge in [-0.3, -0.25) is 0 Å². The van der Waals surface area contributed by atoms with E-state index in [0.717, 1.165) is 23.7 Å². The van der Waals surface area contributed by atoms with E-state index >= 15 is 0 Å². The number of benzene rings is 2. The van der Waals surface area contributed by atoms with E-state index in [1.54, 1.807) is 6.07 Å². The highest BCUT2D eigenvalue weighted by atomic mass is 35.5. The number of fused-ring (bicyclic) bond motifs is 1. The molecule has 0 aromatic heterocycles. The monoisotopic (exact) mass is 355 g/mol. The molecule has 116 valence electrons. The van der Waals surface area contributed by atoms with E-state index in [9.17, 15) is 0 Å². The Hall–Kier alpha value is -0.910. The largest absolute Gasteiger partial charge is 0.325 e. The van der Waals surface area contributed by atoms with Crippen LogP contribution in [0.2, 0.25) is 10.0 Å². The van der Waals surface area contributed by atoms with Crippen LogP contribution in [0.3, 0.4) is 0 Å². The molecule has 0 amide bonds. The van der Waals surface area contributed by atoms with Crippen molar-refractivity contribution in [3.8, 4) is 5.75 Å². The van der Waals surface area contributed by atoms with Crippen molar-refractivity contribution in [3.05, 3.63) is 63.1 Å². The van der Waals surface area contributed by atoms with E-state index < -0.39 is 0 Å². The molecule has 1 unspecified atom stereocenters. The maximum atomic E-state index is 6.38. The molecule has 0 N–H and O–H groups in total. The number of hydrogen-bond acceptors (Lipinski definition) is 4. The van der Waals surface area contributed by atoms with Crippen LogP contribution in [0.25, 0.3) is 0 Å². The minimum Gasteiger partial charge on any atom is -0.325 e. The van der Waals surface area contributed by atoms with Gasteiger partial charge in [0.2, 0.25) is 0 Å². The molecule has 2 aromatic rings. The Kier molecular flexibility index (Phi) is 4.85. The van der Waals surface area contributed by atoms with Crippen molar-refractivity contribution >= 4 is 36.1 Å². The fraction of sp³-hybridized carbons (Fsp3) is 0.250. The summed E-state index contributed by atoms with van der Waals surface area (Å²) in [6, 6.07) is 11.6. The SMILES string of the molecule is CN1Cc2c(Cl)cc(Cl)cc2C(c2ccc(OOS)cc2)C1. The molecule has 1 aliphatic heterocycles. The number of hydrogen-bond donors (Lipinski definition) is 1. The molecular weight excluding hydrogens is 341 g/mol.